The van der Waals surface area contributed by atoms with E-state index >= 15 is 0 Å². The van der Waals surface area contributed by atoms with Gasteiger partial charge in [0.25, 0.3) is 5.56 Å². The summed E-state index contributed by atoms with van der Waals surface area (Å²) in [6.45, 7) is 2.20. The van der Waals surface area contributed by atoms with Crippen molar-refractivity contribution >= 4 is 16.8 Å². The van der Waals surface area contributed by atoms with E-state index in [1.54, 1.807) is 17.0 Å². The fraction of sp³-hybridized carbons (Fsp3) is 0.375. The van der Waals surface area contributed by atoms with Crippen LogP contribution in [0.15, 0.2) is 65.7 Å². The van der Waals surface area contributed by atoms with Gasteiger partial charge in [-0.3, -0.25) is 14.2 Å². The maximum atomic E-state index is 12.6. The normalized spacial score (nSPS) is 15.0. The molecule has 1 amide bonds. The molecule has 0 saturated carbocycles. The van der Waals surface area contributed by atoms with Gasteiger partial charge in [-0.2, -0.15) is 0 Å². The van der Waals surface area contributed by atoms with E-state index in [-0.39, 0.29) is 11.5 Å². The lowest BCUT2D eigenvalue weighted by Crippen LogP contribution is -2.39. The Labute approximate surface area is 171 Å². The summed E-state index contributed by atoms with van der Waals surface area (Å²) in [4.78, 5) is 31.4. The molecule has 1 aliphatic rings. The first-order chi connectivity index (χ1) is 14.2. The van der Waals surface area contributed by atoms with Gasteiger partial charge in [0.15, 0.2) is 0 Å². The predicted molar refractivity (Wildman–Crippen MR) is 115 cm³/mol. The van der Waals surface area contributed by atoms with Crippen LogP contribution in [-0.4, -0.2) is 33.4 Å². The van der Waals surface area contributed by atoms with Crippen molar-refractivity contribution in [3.05, 3.63) is 76.8 Å². The van der Waals surface area contributed by atoms with Gasteiger partial charge in [-0.05, 0) is 49.3 Å². The minimum absolute atomic E-state index is 0.0372. The lowest BCUT2D eigenvalue weighted by molar-refractivity contribution is -0.132. The Kier molecular flexibility index (Phi) is 6.03. The molecule has 5 heteroatoms. The van der Waals surface area contributed by atoms with E-state index in [1.807, 2.05) is 29.2 Å². The molecule has 0 N–H and O–H groups in total. The van der Waals surface area contributed by atoms with Gasteiger partial charge < -0.3 is 4.90 Å². The molecular formula is C24H27N3O2. The van der Waals surface area contributed by atoms with Crippen LogP contribution in [0.5, 0.6) is 0 Å². The number of aryl methyl sites for hydroxylation is 1. The molecule has 0 bridgehead atoms. The molecule has 0 radical (unpaired) electrons. The van der Waals surface area contributed by atoms with Gasteiger partial charge >= 0.3 is 0 Å². The summed E-state index contributed by atoms with van der Waals surface area (Å²) in [5.74, 6) is 0.855. The Morgan fingerprint density at radius 2 is 1.72 bits per heavy atom. The third-order valence-electron chi connectivity index (χ3n) is 5.86. The Morgan fingerprint density at radius 1 is 1.00 bits per heavy atom. The third kappa shape index (κ3) is 4.73. The van der Waals surface area contributed by atoms with Crippen LogP contribution in [0, 0.1) is 5.92 Å². The molecule has 2 heterocycles. The van der Waals surface area contributed by atoms with E-state index in [4.69, 9.17) is 0 Å². The van der Waals surface area contributed by atoms with E-state index in [1.165, 1.54) is 5.56 Å². The van der Waals surface area contributed by atoms with E-state index in [9.17, 15) is 9.59 Å². The van der Waals surface area contributed by atoms with Gasteiger partial charge in [0.1, 0.15) is 0 Å². The highest BCUT2D eigenvalue weighted by atomic mass is 16.2. The Hall–Kier alpha value is -2.95. The quantitative estimate of drug-likeness (QED) is 0.647. The molecule has 0 atom stereocenters. The summed E-state index contributed by atoms with van der Waals surface area (Å²) in [5, 5.41) is 0.627. The summed E-state index contributed by atoms with van der Waals surface area (Å²) in [6, 6.07) is 17.9. The number of hydrogen-bond acceptors (Lipinski definition) is 3. The minimum atomic E-state index is -0.0372. The molecule has 29 heavy (non-hydrogen) atoms. The fourth-order valence-electron chi connectivity index (χ4n) is 4.16. The zero-order valence-electron chi connectivity index (χ0n) is 16.7. The highest BCUT2D eigenvalue weighted by Gasteiger charge is 2.22. The number of carbonyl (C=O) groups is 1. The molecule has 150 valence electrons. The van der Waals surface area contributed by atoms with E-state index in [0.29, 0.717) is 36.2 Å². The second-order valence-corrected chi connectivity index (χ2v) is 7.88. The number of benzene rings is 2. The van der Waals surface area contributed by atoms with Crippen LogP contribution in [-0.2, 0) is 17.8 Å². The summed E-state index contributed by atoms with van der Waals surface area (Å²) in [5.41, 5.74) is 2.06. The van der Waals surface area contributed by atoms with E-state index in [2.05, 4.69) is 29.2 Å². The van der Waals surface area contributed by atoms with Crippen molar-refractivity contribution in [2.75, 3.05) is 13.1 Å². The lowest BCUT2D eigenvalue weighted by atomic mass is 9.90. The van der Waals surface area contributed by atoms with Crippen LogP contribution in [0.3, 0.4) is 0 Å². The van der Waals surface area contributed by atoms with Crippen LogP contribution in [0.25, 0.3) is 10.9 Å². The zero-order chi connectivity index (χ0) is 20.1. The Morgan fingerprint density at radius 3 is 2.52 bits per heavy atom. The smallest absolute Gasteiger partial charge is 0.261 e. The van der Waals surface area contributed by atoms with Crippen molar-refractivity contribution in [2.45, 2.75) is 38.6 Å². The number of para-hydroxylation sites is 1. The van der Waals surface area contributed by atoms with Crippen LogP contribution >= 0.6 is 0 Å². The largest absolute Gasteiger partial charge is 0.343 e. The number of aromatic nitrogens is 2. The summed E-state index contributed by atoms with van der Waals surface area (Å²) >= 11 is 0. The average Bonchev–Trinajstić information content (AvgIpc) is 2.77. The molecule has 0 aliphatic carbocycles. The standard InChI is InChI=1S/C24H27N3O2/c28-23(26-15-12-20(13-16-26)17-19-7-2-1-3-8-19)11-6-14-27-18-25-22-10-5-4-9-21(22)24(27)29/h1-5,7-10,18,20H,6,11-17H2. The zero-order valence-corrected chi connectivity index (χ0v) is 16.7. The highest BCUT2D eigenvalue weighted by molar-refractivity contribution is 5.77. The van der Waals surface area contributed by atoms with Crippen molar-refractivity contribution in [2.24, 2.45) is 5.92 Å². The summed E-state index contributed by atoms with van der Waals surface area (Å²) in [6.07, 6.45) is 5.94. The summed E-state index contributed by atoms with van der Waals surface area (Å²) < 4.78 is 1.61. The monoisotopic (exact) mass is 389 g/mol. The number of nitrogens with zero attached hydrogens (tertiary/aromatic N) is 3. The molecule has 3 aromatic rings. The number of carbonyl (C=O) groups excluding carboxylic acids is 1. The number of fused-ring (bicyclic) bond motifs is 1. The average molecular weight is 389 g/mol. The Balaban J connectivity index is 1.25. The molecule has 1 fully saturated rings. The van der Waals surface area contributed by atoms with Gasteiger partial charge in [-0.25, -0.2) is 4.98 Å². The third-order valence-corrected chi connectivity index (χ3v) is 5.86. The molecule has 2 aromatic carbocycles. The van der Waals surface area contributed by atoms with Gasteiger partial charge in [-0.15, -0.1) is 0 Å². The van der Waals surface area contributed by atoms with Gasteiger partial charge in [0.2, 0.25) is 5.91 Å². The highest BCUT2D eigenvalue weighted by Crippen LogP contribution is 2.22. The second kappa shape index (κ2) is 9.03. The summed E-state index contributed by atoms with van der Waals surface area (Å²) in [7, 11) is 0. The van der Waals surface area contributed by atoms with Crippen LogP contribution in [0.4, 0.5) is 0 Å². The molecule has 1 aromatic heterocycles. The lowest BCUT2D eigenvalue weighted by Gasteiger charge is -2.32. The number of hydrogen-bond donors (Lipinski definition) is 0. The van der Waals surface area contributed by atoms with Crippen molar-refractivity contribution in [1.29, 1.82) is 0 Å². The van der Waals surface area contributed by atoms with E-state index in [0.717, 1.165) is 32.4 Å². The number of amides is 1. The Bertz CT molecular complexity index is 1020. The van der Waals surface area contributed by atoms with Crippen LogP contribution in [0.2, 0.25) is 0 Å². The number of likely N-dealkylation sites (tertiary alicyclic amines) is 1. The van der Waals surface area contributed by atoms with Crippen LogP contribution in [0.1, 0.15) is 31.2 Å². The van der Waals surface area contributed by atoms with Gasteiger partial charge in [0, 0.05) is 26.1 Å². The van der Waals surface area contributed by atoms with Crippen molar-refractivity contribution < 1.29 is 4.79 Å². The molecule has 5 nitrogen and oxygen atoms in total. The van der Waals surface area contributed by atoms with Gasteiger partial charge in [-0.1, -0.05) is 42.5 Å². The van der Waals surface area contributed by atoms with Crippen molar-refractivity contribution in [3.8, 4) is 0 Å². The molecule has 0 unspecified atom stereocenters. The predicted octanol–water partition coefficient (Wildman–Crippen LogP) is 3.66. The van der Waals surface area contributed by atoms with Gasteiger partial charge in [0.05, 0.1) is 17.2 Å². The SMILES string of the molecule is O=C(CCCn1cnc2ccccc2c1=O)N1CCC(Cc2ccccc2)CC1. The van der Waals surface area contributed by atoms with E-state index < -0.39 is 0 Å². The minimum Gasteiger partial charge on any atom is -0.343 e. The van der Waals surface area contributed by atoms with Crippen molar-refractivity contribution in [1.82, 2.24) is 14.5 Å². The maximum absolute atomic E-state index is 12.6. The number of piperidine rings is 1. The second-order valence-electron chi connectivity index (χ2n) is 7.88. The molecule has 4 rings (SSSR count). The fourth-order valence-corrected chi connectivity index (χ4v) is 4.16. The van der Waals surface area contributed by atoms with Crippen LogP contribution < -0.4 is 5.56 Å². The molecule has 1 aliphatic heterocycles. The molecule has 0 spiro atoms. The first-order valence-electron chi connectivity index (χ1n) is 10.5. The van der Waals surface area contributed by atoms with Crippen molar-refractivity contribution in [3.63, 3.8) is 0 Å². The number of rotatable bonds is 6. The molecular weight excluding hydrogens is 362 g/mol. The topological polar surface area (TPSA) is 55.2 Å². The maximum Gasteiger partial charge on any atom is 0.261 e. The first kappa shape index (κ1) is 19.4. The first-order valence-corrected chi connectivity index (χ1v) is 10.5. The molecule has 1 saturated heterocycles.